The van der Waals surface area contributed by atoms with Gasteiger partial charge in [0.25, 0.3) is 5.56 Å². The lowest BCUT2D eigenvalue weighted by atomic mass is 10.2. The third-order valence-corrected chi connectivity index (χ3v) is 7.52. The Kier molecular flexibility index (Phi) is 6.73. The standard InChI is InChI=1S/C22H19N3O4S3/c1-3-29-21(28)18-15(11-16(32-18)13-7-5-4-6-8-13)23-17(26)12-31-22-24-19-14(9-10-30-19)20(27)25(22)2/h4-11H,3,12H2,1-2H3,(H,23,26). The summed E-state index contributed by atoms with van der Waals surface area (Å²) in [5.41, 5.74) is 1.21. The molecule has 1 amide bonds. The molecule has 0 atom stereocenters. The number of aromatic nitrogens is 2. The minimum Gasteiger partial charge on any atom is -0.462 e. The summed E-state index contributed by atoms with van der Waals surface area (Å²) < 4.78 is 6.60. The highest BCUT2D eigenvalue weighted by atomic mass is 32.2. The molecule has 0 aliphatic heterocycles. The van der Waals surface area contributed by atoms with Crippen molar-refractivity contribution in [3.8, 4) is 10.4 Å². The fraction of sp³-hybridized carbons (Fsp3) is 0.182. The molecule has 1 aromatic carbocycles. The van der Waals surface area contributed by atoms with E-state index in [1.54, 1.807) is 26.1 Å². The van der Waals surface area contributed by atoms with E-state index in [-0.39, 0.29) is 23.8 Å². The van der Waals surface area contributed by atoms with Crippen molar-refractivity contribution in [2.75, 3.05) is 17.7 Å². The lowest BCUT2D eigenvalue weighted by Crippen LogP contribution is -2.21. The average molecular weight is 486 g/mol. The lowest BCUT2D eigenvalue weighted by Gasteiger charge is -2.08. The van der Waals surface area contributed by atoms with Crippen molar-refractivity contribution in [2.24, 2.45) is 7.05 Å². The second-order valence-corrected chi connectivity index (χ2v) is 9.56. The maximum Gasteiger partial charge on any atom is 0.350 e. The van der Waals surface area contributed by atoms with Crippen LogP contribution >= 0.6 is 34.4 Å². The molecular weight excluding hydrogens is 466 g/mol. The Balaban J connectivity index is 1.53. The Morgan fingerprint density at radius 2 is 2.00 bits per heavy atom. The summed E-state index contributed by atoms with van der Waals surface area (Å²) in [7, 11) is 1.64. The summed E-state index contributed by atoms with van der Waals surface area (Å²) in [6.45, 7) is 1.98. The Hall–Kier alpha value is -2.95. The molecule has 0 aliphatic rings. The van der Waals surface area contributed by atoms with Gasteiger partial charge < -0.3 is 10.1 Å². The number of hydrogen-bond acceptors (Lipinski definition) is 8. The van der Waals surface area contributed by atoms with Crippen LogP contribution in [0.25, 0.3) is 20.7 Å². The van der Waals surface area contributed by atoms with Gasteiger partial charge in [0, 0.05) is 11.9 Å². The number of ether oxygens (including phenoxy) is 1. The third-order valence-electron chi connectivity index (χ3n) is 4.52. The highest BCUT2D eigenvalue weighted by Gasteiger charge is 2.20. The Labute approximate surface area is 196 Å². The first-order chi connectivity index (χ1) is 15.5. The van der Waals surface area contributed by atoms with E-state index in [1.165, 1.54) is 39.0 Å². The molecule has 4 rings (SSSR count). The Morgan fingerprint density at radius 3 is 2.75 bits per heavy atom. The van der Waals surface area contributed by atoms with Crippen LogP contribution in [0.2, 0.25) is 0 Å². The molecule has 0 saturated heterocycles. The van der Waals surface area contributed by atoms with Crippen molar-refractivity contribution >= 4 is 62.2 Å². The number of thiophene rings is 2. The molecule has 0 fully saturated rings. The van der Waals surface area contributed by atoms with E-state index in [9.17, 15) is 14.4 Å². The highest BCUT2D eigenvalue weighted by molar-refractivity contribution is 7.99. The number of carbonyl (C=O) groups is 2. The number of anilines is 1. The van der Waals surface area contributed by atoms with Crippen LogP contribution in [-0.4, -0.2) is 33.8 Å². The van der Waals surface area contributed by atoms with Crippen molar-refractivity contribution < 1.29 is 14.3 Å². The number of carbonyl (C=O) groups excluding carboxylic acids is 2. The van der Waals surface area contributed by atoms with Crippen molar-refractivity contribution in [3.05, 3.63) is 63.1 Å². The van der Waals surface area contributed by atoms with Crippen LogP contribution in [0.4, 0.5) is 5.69 Å². The van der Waals surface area contributed by atoms with E-state index in [0.717, 1.165) is 10.4 Å². The second-order valence-electron chi connectivity index (χ2n) is 6.67. The number of thioether (sulfide) groups is 1. The number of hydrogen-bond donors (Lipinski definition) is 1. The van der Waals surface area contributed by atoms with Crippen molar-refractivity contribution in [2.45, 2.75) is 12.1 Å². The zero-order chi connectivity index (χ0) is 22.7. The molecule has 32 heavy (non-hydrogen) atoms. The van der Waals surface area contributed by atoms with E-state index < -0.39 is 5.97 Å². The number of esters is 1. The van der Waals surface area contributed by atoms with Crippen molar-refractivity contribution in [1.29, 1.82) is 0 Å². The van der Waals surface area contributed by atoms with Gasteiger partial charge in [0.1, 0.15) is 9.71 Å². The zero-order valence-corrected chi connectivity index (χ0v) is 19.7. The summed E-state index contributed by atoms with van der Waals surface area (Å²) in [5.74, 6) is -0.746. The fourth-order valence-electron chi connectivity index (χ4n) is 3.00. The van der Waals surface area contributed by atoms with Crippen molar-refractivity contribution in [1.82, 2.24) is 9.55 Å². The van der Waals surface area contributed by atoms with Crippen LogP contribution in [0.15, 0.2) is 57.8 Å². The smallest absolute Gasteiger partial charge is 0.350 e. The minimum absolute atomic E-state index is 0.0376. The molecule has 3 aromatic heterocycles. The average Bonchev–Trinajstić information content (AvgIpc) is 3.43. The maximum absolute atomic E-state index is 12.7. The fourth-order valence-corrected chi connectivity index (χ4v) is 5.59. The number of fused-ring (bicyclic) bond motifs is 1. The first-order valence-electron chi connectivity index (χ1n) is 9.71. The van der Waals surface area contributed by atoms with E-state index in [0.29, 0.717) is 25.9 Å². The molecule has 0 spiro atoms. The van der Waals surface area contributed by atoms with Crippen LogP contribution in [0.3, 0.4) is 0 Å². The van der Waals surface area contributed by atoms with Gasteiger partial charge in [0.05, 0.1) is 23.4 Å². The summed E-state index contributed by atoms with van der Waals surface area (Å²) >= 11 is 3.82. The van der Waals surface area contributed by atoms with Crippen LogP contribution in [0, 0.1) is 0 Å². The number of nitrogens with zero attached hydrogens (tertiary/aromatic N) is 2. The predicted octanol–water partition coefficient (Wildman–Crippen LogP) is 4.63. The SMILES string of the molecule is CCOC(=O)c1sc(-c2ccccc2)cc1NC(=O)CSc1nc2sccc2c(=O)n1C. The lowest BCUT2D eigenvalue weighted by molar-refractivity contribution is -0.113. The van der Waals surface area contributed by atoms with E-state index in [4.69, 9.17) is 4.74 Å². The predicted molar refractivity (Wildman–Crippen MR) is 130 cm³/mol. The monoisotopic (exact) mass is 485 g/mol. The Morgan fingerprint density at radius 1 is 1.22 bits per heavy atom. The normalized spacial score (nSPS) is 10.9. The summed E-state index contributed by atoms with van der Waals surface area (Å²) in [4.78, 5) is 43.9. The third kappa shape index (κ3) is 4.62. The molecule has 1 N–H and O–H groups in total. The molecule has 0 unspecified atom stereocenters. The number of benzene rings is 1. The highest BCUT2D eigenvalue weighted by Crippen LogP contribution is 2.35. The van der Waals surface area contributed by atoms with Gasteiger partial charge in [-0.15, -0.1) is 22.7 Å². The van der Waals surface area contributed by atoms with Gasteiger partial charge in [0.2, 0.25) is 5.91 Å². The maximum atomic E-state index is 12.7. The van der Waals surface area contributed by atoms with Crippen LogP contribution in [0.1, 0.15) is 16.6 Å². The number of rotatable bonds is 7. The van der Waals surface area contributed by atoms with E-state index in [2.05, 4.69) is 10.3 Å². The second kappa shape index (κ2) is 9.68. The first kappa shape index (κ1) is 22.3. The quantitative estimate of drug-likeness (QED) is 0.233. The van der Waals surface area contributed by atoms with Gasteiger partial charge in [-0.25, -0.2) is 9.78 Å². The topological polar surface area (TPSA) is 90.3 Å². The summed E-state index contributed by atoms with van der Waals surface area (Å²) in [6.07, 6.45) is 0. The zero-order valence-electron chi connectivity index (χ0n) is 17.3. The molecule has 0 aliphatic carbocycles. The molecule has 0 bridgehead atoms. The van der Waals surface area contributed by atoms with E-state index >= 15 is 0 Å². The van der Waals surface area contributed by atoms with Crippen molar-refractivity contribution in [3.63, 3.8) is 0 Å². The van der Waals surface area contributed by atoms with Gasteiger partial charge in [0.15, 0.2) is 5.16 Å². The molecular formula is C22H19N3O4S3. The molecule has 0 saturated carbocycles. The molecule has 10 heteroatoms. The van der Waals surface area contributed by atoms with Gasteiger partial charge >= 0.3 is 5.97 Å². The summed E-state index contributed by atoms with van der Waals surface area (Å²) in [6, 6.07) is 13.1. The first-order valence-corrected chi connectivity index (χ1v) is 12.4. The van der Waals surface area contributed by atoms with Gasteiger partial charge in [-0.1, -0.05) is 42.1 Å². The van der Waals surface area contributed by atoms with Gasteiger partial charge in [-0.05, 0) is 30.0 Å². The van der Waals surface area contributed by atoms with Gasteiger partial charge in [-0.2, -0.15) is 0 Å². The minimum atomic E-state index is -0.477. The number of nitrogens with one attached hydrogen (secondary N) is 1. The molecule has 0 radical (unpaired) electrons. The van der Waals surface area contributed by atoms with Gasteiger partial charge in [-0.3, -0.25) is 14.2 Å². The number of amides is 1. The molecule has 4 aromatic rings. The van der Waals surface area contributed by atoms with Crippen LogP contribution in [-0.2, 0) is 16.6 Å². The Bertz CT molecular complexity index is 1340. The van der Waals surface area contributed by atoms with Crippen LogP contribution < -0.4 is 10.9 Å². The summed E-state index contributed by atoms with van der Waals surface area (Å²) in [5, 5.41) is 5.66. The van der Waals surface area contributed by atoms with E-state index in [1.807, 2.05) is 35.7 Å². The molecule has 7 nitrogen and oxygen atoms in total. The molecule has 3 heterocycles. The largest absolute Gasteiger partial charge is 0.462 e. The van der Waals surface area contributed by atoms with Crippen LogP contribution in [0.5, 0.6) is 0 Å². The molecule has 164 valence electrons.